The van der Waals surface area contributed by atoms with Gasteiger partial charge in [0.25, 0.3) is 11.8 Å². The number of anilines is 1. The smallest absolute Gasteiger partial charge is 0.345 e. The average molecular weight is 717 g/mol. The molecule has 1 aliphatic carbocycles. The van der Waals surface area contributed by atoms with Gasteiger partial charge in [0.2, 0.25) is 11.7 Å². The summed E-state index contributed by atoms with van der Waals surface area (Å²) in [6.45, 7) is 3.21. The summed E-state index contributed by atoms with van der Waals surface area (Å²) in [7, 11) is 0. The van der Waals surface area contributed by atoms with Crippen LogP contribution < -0.4 is 16.4 Å². The molecule has 2 atom stereocenters. The van der Waals surface area contributed by atoms with Crippen LogP contribution >= 0.6 is 11.6 Å². The summed E-state index contributed by atoms with van der Waals surface area (Å²) in [4.78, 5) is 72.5. The summed E-state index contributed by atoms with van der Waals surface area (Å²) >= 11 is 5.88. The minimum Gasteiger partial charge on any atom is -0.384 e. The Labute approximate surface area is 293 Å². The fraction of sp³-hybridized carbons (Fsp3) is 0.576. The molecule has 0 unspecified atom stereocenters. The number of ether oxygens (including phenoxy) is 1. The lowest BCUT2D eigenvalue weighted by Crippen LogP contribution is -2.63. The summed E-state index contributed by atoms with van der Waals surface area (Å²) in [5.74, 6) is -4.20. The standard InChI is InChI=1S/C33H42ClFN8O7/c1-32(2,49)26-17-37-41-43(26)21-16-25(29(46)40-33(27(44)28(36)45)10-12-50-13-11-33)42(18-21)30(47)24(14-19-6-4-3-5-7-19)39-31(48)38-20-8-9-23(35)22(34)15-20/h8-9,15,17,19,21,25,49H,3-7,10-14,16,18H2,1-2H3,(H2,36,45)(H,38,48)(H,40,46)/b39-24+/t21-,25-/m0/s1. The number of rotatable bonds is 10. The molecule has 5 amide bonds. The molecule has 0 spiro atoms. The quantitative estimate of drug-likeness (QED) is 0.210. The Morgan fingerprint density at radius 3 is 2.50 bits per heavy atom. The molecule has 1 aromatic heterocycles. The van der Waals surface area contributed by atoms with Gasteiger partial charge in [-0.05, 0) is 44.4 Å². The normalized spacial score (nSPS) is 21.5. The van der Waals surface area contributed by atoms with E-state index >= 15 is 0 Å². The highest BCUT2D eigenvalue weighted by Crippen LogP contribution is 2.34. The Bertz CT molecular complexity index is 1660. The average Bonchev–Trinajstić information content (AvgIpc) is 3.75. The van der Waals surface area contributed by atoms with Gasteiger partial charge in [-0.2, -0.15) is 4.99 Å². The van der Waals surface area contributed by atoms with Crippen LogP contribution in [-0.4, -0.2) is 91.6 Å². The van der Waals surface area contributed by atoms with Crippen molar-refractivity contribution in [2.24, 2.45) is 16.6 Å². The molecular weight excluding hydrogens is 675 g/mol. The lowest BCUT2D eigenvalue weighted by molar-refractivity contribution is -0.146. The van der Waals surface area contributed by atoms with Crippen molar-refractivity contribution >= 4 is 52.5 Å². The predicted molar refractivity (Wildman–Crippen MR) is 179 cm³/mol. The zero-order valence-electron chi connectivity index (χ0n) is 28.0. The lowest BCUT2D eigenvalue weighted by Gasteiger charge is -2.37. The predicted octanol–water partition coefficient (Wildman–Crippen LogP) is 2.80. The van der Waals surface area contributed by atoms with E-state index in [9.17, 15) is 33.5 Å². The number of benzene rings is 1. The minimum atomic E-state index is -1.63. The number of carbonyl (C=O) groups is 5. The Morgan fingerprint density at radius 2 is 1.86 bits per heavy atom. The van der Waals surface area contributed by atoms with E-state index in [1.165, 1.54) is 27.9 Å². The Kier molecular flexibility index (Phi) is 11.3. The number of likely N-dealkylation sites (tertiary alicyclic amines) is 1. The molecule has 0 radical (unpaired) electrons. The van der Waals surface area contributed by atoms with Gasteiger partial charge in [0, 0.05) is 44.7 Å². The maximum atomic E-state index is 14.5. The van der Waals surface area contributed by atoms with Gasteiger partial charge in [-0.25, -0.2) is 13.9 Å². The number of hydrogen-bond acceptors (Lipinski definition) is 9. The molecule has 270 valence electrons. The molecule has 1 aromatic carbocycles. The van der Waals surface area contributed by atoms with Gasteiger partial charge in [-0.15, -0.1) is 5.10 Å². The summed E-state index contributed by atoms with van der Waals surface area (Å²) in [6, 6.07) is 0.863. The summed E-state index contributed by atoms with van der Waals surface area (Å²) in [5, 5.41) is 24.0. The fourth-order valence-corrected chi connectivity index (χ4v) is 7.14. The lowest BCUT2D eigenvalue weighted by atomic mass is 9.84. The van der Waals surface area contributed by atoms with E-state index in [1.54, 1.807) is 13.8 Å². The molecule has 3 fully saturated rings. The second-order valence-electron chi connectivity index (χ2n) is 13.7. The van der Waals surface area contributed by atoms with Crippen molar-refractivity contribution in [1.29, 1.82) is 0 Å². The molecule has 50 heavy (non-hydrogen) atoms. The number of halogens is 2. The van der Waals surface area contributed by atoms with Crippen LogP contribution in [0.25, 0.3) is 0 Å². The van der Waals surface area contributed by atoms with Crippen molar-refractivity contribution in [2.75, 3.05) is 25.1 Å². The maximum absolute atomic E-state index is 14.5. The highest BCUT2D eigenvalue weighted by molar-refractivity contribution is 6.41. The third-order valence-corrected chi connectivity index (χ3v) is 9.91. The number of nitrogens with one attached hydrogen (secondary N) is 2. The summed E-state index contributed by atoms with van der Waals surface area (Å²) < 4.78 is 20.6. The topological polar surface area (TPSA) is 211 Å². The second kappa shape index (κ2) is 15.3. The molecule has 5 N–H and O–H groups in total. The van der Waals surface area contributed by atoms with Crippen molar-refractivity contribution in [3.63, 3.8) is 0 Å². The number of aliphatic imine (C=N–C) groups is 1. The molecule has 5 rings (SSSR count). The molecule has 3 heterocycles. The number of Topliss-reactive ketones (excluding diaryl/α,β-unsaturated/α-hetero) is 1. The zero-order valence-corrected chi connectivity index (χ0v) is 28.7. The van der Waals surface area contributed by atoms with Crippen molar-refractivity contribution in [3.05, 3.63) is 40.9 Å². The zero-order chi connectivity index (χ0) is 36.2. The van der Waals surface area contributed by atoms with Gasteiger partial charge >= 0.3 is 6.03 Å². The first-order chi connectivity index (χ1) is 23.7. The van der Waals surface area contributed by atoms with Crippen LogP contribution in [0.3, 0.4) is 0 Å². The van der Waals surface area contributed by atoms with Crippen molar-refractivity contribution in [3.8, 4) is 0 Å². The maximum Gasteiger partial charge on any atom is 0.345 e. The highest BCUT2D eigenvalue weighted by Gasteiger charge is 2.49. The first-order valence-corrected chi connectivity index (χ1v) is 17.1. The first-order valence-electron chi connectivity index (χ1n) is 16.7. The summed E-state index contributed by atoms with van der Waals surface area (Å²) in [6.07, 6.45) is 6.15. The number of urea groups is 1. The Balaban J connectivity index is 1.50. The van der Waals surface area contributed by atoms with Crippen LogP contribution in [0.4, 0.5) is 14.9 Å². The number of carbonyl (C=O) groups excluding carboxylic acids is 5. The third-order valence-electron chi connectivity index (χ3n) is 9.62. The van der Waals surface area contributed by atoms with Crippen molar-refractivity contribution in [1.82, 2.24) is 25.2 Å². The number of ketones is 1. The number of hydrogen-bond donors (Lipinski definition) is 4. The van der Waals surface area contributed by atoms with Gasteiger partial charge in [0.1, 0.15) is 28.7 Å². The van der Waals surface area contributed by atoms with Crippen LogP contribution in [0, 0.1) is 11.7 Å². The molecule has 2 saturated heterocycles. The second-order valence-corrected chi connectivity index (χ2v) is 14.1. The van der Waals surface area contributed by atoms with Gasteiger partial charge < -0.3 is 31.1 Å². The van der Waals surface area contributed by atoms with Gasteiger partial charge in [0.15, 0.2) is 0 Å². The van der Waals surface area contributed by atoms with E-state index in [0.29, 0.717) is 5.69 Å². The number of amides is 5. The van der Waals surface area contributed by atoms with Crippen LogP contribution in [0.5, 0.6) is 0 Å². The highest BCUT2D eigenvalue weighted by atomic mass is 35.5. The number of aliphatic hydroxyl groups is 1. The third kappa shape index (κ3) is 8.36. The number of primary amides is 1. The summed E-state index contributed by atoms with van der Waals surface area (Å²) in [5.41, 5.74) is 2.80. The molecule has 0 bridgehead atoms. The van der Waals surface area contributed by atoms with Gasteiger partial charge in [0.05, 0.1) is 23.0 Å². The van der Waals surface area contributed by atoms with E-state index in [4.69, 9.17) is 22.1 Å². The van der Waals surface area contributed by atoms with E-state index in [0.717, 1.165) is 38.2 Å². The Hall–Kier alpha value is -4.28. The van der Waals surface area contributed by atoms with E-state index in [1.807, 2.05) is 0 Å². The van der Waals surface area contributed by atoms with Crippen LogP contribution in [0.1, 0.15) is 83.4 Å². The number of nitrogens with two attached hydrogens (primary N) is 1. The molecular formula is C33H42ClFN8O7. The molecule has 17 heteroatoms. The van der Waals surface area contributed by atoms with Crippen molar-refractivity contribution in [2.45, 2.75) is 94.9 Å². The van der Waals surface area contributed by atoms with E-state index < -0.39 is 58.6 Å². The molecule has 2 aliphatic heterocycles. The SMILES string of the molecule is CC(C)(O)c1cnnn1[C@H]1C[C@@H](C(=O)NC2(C(=O)C(N)=O)CCOCC2)N(C(=O)/C(CC2CCCCC2)=N/C(=O)Nc2ccc(F)c(Cl)c2)C1. The Morgan fingerprint density at radius 1 is 1.16 bits per heavy atom. The van der Waals surface area contributed by atoms with Crippen LogP contribution in [-0.2, 0) is 29.5 Å². The van der Waals surface area contributed by atoms with Gasteiger partial charge in [-0.3, -0.25) is 19.2 Å². The van der Waals surface area contributed by atoms with E-state index in [-0.39, 0.29) is 67.8 Å². The minimum absolute atomic E-state index is 0.00149. The monoisotopic (exact) mass is 716 g/mol. The molecule has 15 nitrogen and oxygen atoms in total. The fourth-order valence-electron chi connectivity index (χ4n) is 6.96. The van der Waals surface area contributed by atoms with Crippen LogP contribution in [0.15, 0.2) is 29.4 Å². The largest absolute Gasteiger partial charge is 0.384 e. The van der Waals surface area contributed by atoms with Crippen LogP contribution in [0.2, 0.25) is 5.02 Å². The molecule has 2 aromatic rings. The molecule has 1 saturated carbocycles. The molecule has 3 aliphatic rings. The van der Waals surface area contributed by atoms with E-state index in [2.05, 4.69) is 25.9 Å². The number of nitrogens with zero attached hydrogens (tertiary/aromatic N) is 5. The van der Waals surface area contributed by atoms with Gasteiger partial charge in [-0.1, -0.05) is 48.9 Å². The van der Waals surface area contributed by atoms with Crippen molar-refractivity contribution < 1.29 is 38.2 Å². The number of aromatic nitrogens is 3. The first kappa shape index (κ1) is 37.0.